The van der Waals surface area contributed by atoms with Crippen LogP contribution >= 0.6 is 0 Å². The number of anilines is 1. The fourth-order valence-corrected chi connectivity index (χ4v) is 5.56. The minimum absolute atomic E-state index is 0.107. The molecule has 1 aromatic carbocycles. The lowest BCUT2D eigenvalue weighted by molar-refractivity contribution is -0.123. The normalized spacial score (nSPS) is 13.9. The maximum Gasteiger partial charge on any atom is 0.229 e. The molecule has 6 heterocycles. The van der Waals surface area contributed by atoms with Crippen LogP contribution in [-0.4, -0.2) is 72.2 Å². The Kier molecular flexibility index (Phi) is 7.65. The Labute approximate surface area is 264 Å². The van der Waals surface area contributed by atoms with Crippen molar-refractivity contribution >= 4 is 33.8 Å². The summed E-state index contributed by atoms with van der Waals surface area (Å²) >= 11 is 0. The molecule has 0 saturated carbocycles. The van der Waals surface area contributed by atoms with E-state index >= 15 is 0 Å². The summed E-state index contributed by atoms with van der Waals surface area (Å²) in [6.45, 7) is 9.04. The predicted molar refractivity (Wildman–Crippen MR) is 175 cm³/mol. The number of carbonyl (C=O) groups is 1. The molecule has 12 heteroatoms. The Morgan fingerprint density at radius 3 is 2.72 bits per heavy atom. The standard InChI is InChI=1S/C34H34FN9O2/c1-34(2,3)33(45)38-23-15-21(18-36-19-23)26-6-7-27-29(39-26)30(43-42-27)32-40-28-25(8-9-37-31(28)41-32)20-14-22(35)17-24(16-20)46-13-12-44-10-4-5-11-44/h6-9,14-19H,4-5,10-13H2,1-3H3,(H,38,45)(H,42,43)(H,37,40,41). The van der Waals surface area contributed by atoms with Crippen LogP contribution in [0.15, 0.2) is 61.1 Å². The van der Waals surface area contributed by atoms with Crippen LogP contribution in [0.2, 0.25) is 0 Å². The Morgan fingerprint density at radius 2 is 1.89 bits per heavy atom. The Morgan fingerprint density at radius 1 is 1.04 bits per heavy atom. The molecule has 5 aromatic heterocycles. The summed E-state index contributed by atoms with van der Waals surface area (Å²) in [5.74, 6) is 0.452. The molecule has 0 spiro atoms. The van der Waals surface area contributed by atoms with Gasteiger partial charge >= 0.3 is 0 Å². The van der Waals surface area contributed by atoms with Gasteiger partial charge in [-0.2, -0.15) is 5.10 Å². The Balaban J connectivity index is 1.19. The number of rotatable bonds is 8. The highest BCUT2D eigenvalue weighted by Crippen LogP contribution is 2.33. The topological polar surface area (TPSA) is 138 Å². The minimum Gasteiger partial charge on any atom is -0.492 e. The molecule has 0 atom stereocenters. The first kappa shape index (κ1) is 29.5. The quantitative estimate of drug-likeness (QED) is 0.183. The summed E-state index contributed by atoms with van der Waals surface area (Å²) in [6, 6.07) is 12.1. The van der Waals surface area contributed by atoms with Crippen LogP contribution in [0.25, 0.3) is 56.1 Å². The van der Waals surface area contributed by atoms with E-state index < -0.39 is 5.41 Å². The highest BCUT2D eigenvalue weighted by atomic mass is 19.1. The number of likely N-dealkylation sites (tertiary alicyclic amines) is 1. The van der Waals surface area contributed by atoms with Crippen molar-refractivity contribution in [1.29, 1.82) is 0 Å². The summed E-state index contributed by atoms with van der Waals surface area (Å²) in [5, 5.41) is 10.5. The van der Waals surface area contributed by atoms with Crippen LogP contribution in [-0.2, 0) is 4.79 Å². The molecule has 1 fully saturated rings. The van der Waals surface area contributed by atoms with E-state index in [9.17, 15) is 9.18 Å². The van der Waals surface area contributed by atoms with Crippen molar-refractivity contribution in [3.8, 4) is 39.7 Å². The fourth-order valence-electron chi connectivity index (χ4n) is 5.56. The number of hydrogen-bond donors (Lipinski definition) is 3. The van der Waals surface area contributed by atoms with E-state index in [1.165, 1.54) is 25.0 Å². The second-order valence-electron chi connectivity index (χ2n) is 12.5. The summed E-state index contributed by atoms with van der Waals surface area (Å²) in [7, 11) is 0. The third-order valence-corrected chi connectivity index (χ3v) is 8.05. The lowest BCUT2D eigenvalue weighted by Gasteiger charge is -2.17. The number of carbonyl (C=O) groups excluding carboxylic acids is 1. The lowest BCUT2D eigenvalue weighted by atomic mass is 9.95. The van der Waals surface area contributed by atoms with Gasteiger partial charge in [0.05, 0.1) is 28.6 Å². The molecule has 234 valence electrons. The van der Waals surface area contributed by atoms with Crippen LogP contribution in [0.5, 0.6) is 5.75 Å². The van der Waals surface area contributed by atoms with Gasteiger partial charge < -0.3 is 15.0 Å². The first-order valence-electron chi connectivity index (χ1n) is 15.3. The van der Waals surface area contributed by atoms with Crippen molar-refractivity contribution in [2.45, 2.75) is 33.6 Å². The predicted octanol–water partition coefficient (Wildman–Crippen LogP) is 6.22. The second-order valence-corrected chi connectivity index (χ2v) is 12.5. The van der Waals surface area contributed by atoms with Crippen LogP contribution < -0.4 is 10.1 Å². The summed E-state index contributed by atoms with van der Waals surface area (Å²) in [6.07, 6.45) is 7.38. The molecule has 1 aliphatic heterocycles. The van der Waals surface area contributed by atoms with E-state index in [4.69, 9.17) is 14.7 Å². The van der Waals surface area contributed by atoms with Gasteiger partial charge in [0.15, 0.2) is 17.2 Å². The molecular weight excluding hydrogens is 585 g/mol. The monoisotopic (exact) mass is 619 g/mol. The highest BCUT2D eigenvalue weighted by molar-refractivity contribution is 5.96. The Hall–Kier alpha value is -5.23. The lowest BCUT2D eigenvalue weighted by Crippen LogP contribution is -2.27. The number of halogens is 1. The number of pyridine rings is 3. The van der Waals surface area contributed by atoms with Crippen molar-refractivity contribution in [3.05, 3.63) is 66.9 Å². The largest absolute Gasteiger partial charge is 0.492 e. The number of fused-ring (bicyclic) bond motifs is 2. The summed E-state index contributed by atoms with van der Waals surface area (Å²) in [4.78, 5) is 36.6. The third kappa shape index (κ3) is 6.03. The molecule has 6 aromatic rings. The first-order valence-corrected chi connectivity index (χ1v) is 15.3. The highest BCUT2D eigenvalue weighted by Gasteiger charge is 2.22. The SMILES string of the molecule is CC(C)(C)C(=O)Nc1cncc(-c2ccc3[nH]nc(-c4nc5nccc(-c6cc(F)cc(OCCN7CCCC7)c6)c5[nH]4)c3n2)c1. The molecule has 1 aliphatic rings. The smallest absolute Gasteiger partial charge is 0.229 e. The fraction of sp³-hybridized carbons (Fsp3) is 0.294. The number of imidazole rings is 1. The number of benzene rings is 1. The summed E-state index contributed by atoms with van der Waals surface area (Å²) < 4.78 is 20.7. The molecule has 1 saturated heterocycles. The number of nitrogens with zero attached hydrogens (tertiary/aromatic N) is 6. The van der Waals surface area contributed by atoms with Crippen LogP contribution in [0.1, 0.15) is 33.6 Å². The van der Waals surface area contributed by atoms with Crippen LogP contribution in [0, 0.1) is 11.2 Å². The number of hydrogen-bond acceptors (Lipinski definition) is 8. The molecule has 0 bridgehead atoms. The zero-order valence-electron chi connectivity index (χ0n) is 25.9. The summed E-state index contributed by atoms with van der Waals surface area (Å²) in [5.41, 5.74) is 5.75. The number of H-pyrrole nitrogens is 2. The zero-order chi connectivity index (χ0) is 31.8. The van der Waals surface area contributed by atoms with Crippen molar-refractivity contribution in [2.24, 2.45) is 5.41 Å². The molecule has 7 rings (SSSR count). The Bertz CT molecular complexity index is 2060. The van der Waals surface area contributed by atoms with E-state index in [1.54, 1.807) is 18.6 Å². The van der Waals surface area contributed by atoms with Gasteiger partial charge in [-0.3, -0.25) is 19.8 Å². The molecule has 0 aliphatic carbocycles. The van der Waals surface area contributed by atoms with E-state index in [2.05, 4.69) is 35.4 Å². The van der Waals surface area contributed by atoms with Gasteiger partial charge in [0, 0.05) is 41.5 Å². The molecule has 3 N–H and O–H groups in total. The zero-order valence-corrected chi connectivity index (χ0v) is 25.9. The average molecular weight is 620 g/mol. The van der Waals surface area contributed by atoms with Gasteiger partial charge in [-0.25, -0.2) is 19.3 Å². The average Bonchev–Trinajstić information content (AvgIpc) is 3.80. The number of ether oxygens (including phenoxy) is 1. The van der Waals surface area contributed by atoms with Gasteiger partial charge in [0.1, 0.15) is 23.7 Å². The molecule has 46 heavy (non-hydrogen) atoms. The molecule has 11 nitrogen and oxygen atoms in total. The van der Waals surface area contributed by atoms with Gasteiger partial charge in [-0.1, -0.05) is 20.8 Å². The van der Waals surface area contributed by atoms with E-state index in [-0.39, 0.29) is 11.7 Å². The van der Waals surface area contributed by atoms with E-state index in [1.807, 2.05) is 51.1 Å². The van der Waals surface area contributed by atoms with Crippen molar-refractivity contribution < 1.29 is 13.9 Å². The second kappa shape index (κ2) is 11.9. The minimum atomic E-state index is -0.544. The number of nitrogens with one attached hydrogen (secondary N) is 3. The maximum atomic E-state index is 14.8. The molecule has 0 radical (unpaired) electrons. The maximum absolute atomic E-state index is 14.8. The molecule has 1 amide bonds. The number of amides is 1. The molecular formula is C34H34FN9O2. The van der Waals surface area contributed by atoms with Crippen LogP contribution in [0.3, 0.4) is 0 Å². The van der Waals surface area contributed by atoms with E-state index in [0.717, 1.165) is 36.3 Å². The van der Waals surface area contributed by atoms with Gasteiger partial charge in [-0.15, -0.1) is 0 Å². The van der Waals surface area contributed by atoms with Gasteiger partial charge in [0.25, 0.3) is 0 Å². The van der Waals surface area contributed by atoms with E-state index in [0.29, 0.717) is 57.5 Å². The number of aromatic nitrogens is 7. The van der Waals surface area contributed by atoms with Gasteiger partial charge in [0.2, 0.25) is 5.91 Å². The van der Waals surface area contributed by atoms with Crippen molar-refractivity contribution in [2.75, 3.05) is 31.6 Å². The van der Waals surface area contributed by atoms with Crippen molar-refractivity contribution in [1.82, 2.24) is 40.0 Å². The van der Waals surface area contributed by atoms with Crippen molar-refractivity contribution in [3.63, 3.8) is 0 Å². The van der Waals surface area contributed by atoms with Crippen LogP contribution in [0.4, 0.5) is 10.1 Å². The molecule has 0 unspecified atom stereocenters. The number of aromatic amines is 2. The third-order valence-electron chi connectivity index (χ3n) is 8.05. The first-order chi connectivity index (χ1) is 22.2. The van der Waals surface area contributed by atoms with Gasteiger partial charge in [-0.05, 0) is 67.9 Å².